The maximum atomic E-state index is 12.2. The summed E-state index contributed by atoms with van der Waals surface area (Å²) in [6.45, 7) is 2.92. The largest absolute Gasteiger partial charge is 0.453 e. The number of likely N-dealkylation sites (tertiary alicyclic amines) is 1. The second-order valence-corrected chi connectivity index (χ2v) is 5.13. The lowest BCUT2D eigenvalue weighted by molar-refractivity contribution is -0.136. The van der Waals surface area contributed by atoms with Gasteiger partial charge >= 0.3 is 6.01 Å². The van der Waals surface area contributed by atoms with Crippen molar-refractivity contribution in [2.45, 2.75) is 32.2 Å². The van der Waals surface area contributed by atoms with Crippen LogP contribution < -0.4 is 4.74 Å². The van der Waals surface area contributed by atoms with E-state index in [4.69, 9.17) is 4.74 Å². The lowest BCUT2D eigenvalue weighted by Crippen LogP contribution is -2.44. The molecule has 2 aromatic heterocycles. The van der Waals surface area contributed by atoms with Crippen LogP contribution in [0.15, 0.2) is 24.4 Å². The number of hydrogen-bond acceptors (Lipinski definition) is 4. The second kappa shape index (κ2) is 5.48. The maximum Gasteiger partial charge on any atom is 0.322 e. The number of rotatable bonds is 3. The molecule has 0 N–H and O–H groups in total. The smallest absolute Gasteiger partial charge is 0.322 e. The highest BCUT2D eigenvalue weighted by Crippen LogP contribution is 2.17. The van der Waals surface area contributed by atoms with E-state index in [0.29, 0.717) is 17.7 Å². The van der Waals surface area contributed by atoms with Gasteiger partial charge in [-0.05, 0) is 38.3 Å². The molecule has 0 spiro atoms. The van der Waals surface area contributed by atoms with Crippen LogP contribution >= 0.6 is 0 Å². The number of aromatic nitrogens is 3. The molecule has 2 aromatic rings. The number of carbonyl (C=O) groups is 1. The van der Waals surface area contributed by atoms with Crippen LogP contribution in [0.25, 0.3) is 5.65 Å². The third-order valence-corrected chi connectivity index (χ3v) is 3.73. The third-order valence-electron chi connectivity index (χ3n) is 3.73. The zero-order chi connectivity index (χ0) is 13.9. The third kappa shape index (κ3) is 2.45. The molecule has 1 fully saturated rings. The van der Waals surface area contributed by atoms with Crippen molar-refractivity contribution in [3.05, 3.63) is 24.4 Å². The molecule has 0 saturated carbocycles. The molecule has 0 unspecified atom stereocenters. The number of carbonyl (C=O) groups excluding carboxylic acids is 1. The van der Waals surface area contributed by atoms with Crippen LogP contribution in [0.4, 0.5) is 0 Å². The van der Waals surface area contributed by atoms with E-state index >= 15 is 0 Å². The summed E-state index contributed by atoms with van der Waals surface area (Å²) in [5, 5.41) is 7.94. The fourth-order valence-electron chi connectivity index (χ4n) is 2.60. The molecule has 3 heterocycles. The molecular weight excluding hydrogens is 256 g/mol. The Balaban J connectivity index is 1.65. The number of piperidine rings is 1. The molecule has 0 radical (unpaired) electrons. The van der Waals surface area contributed by atoms with Gasteiger partial charge in [0.2, 0.25) is 0 Å². The highest BCUT2D eigenvalue weighted by atomic mass is 16.5. The first-order valence-electron chi connectivity index (χ1n) is 6.98. The average molecular weight is 274 g/mol. The van der Waals surface area contributed by atoms with E-state index in [1.54, 1.807) is 4.40 Å². The van der Waals surface area contributed by atoms with Gasteiger partial charge < -0.3 is 9.64 Å². The fraction of sp³-hybridized carbons (Fsp3) is 0.500. The fourth-order valence-corrected chi connectivity index (χ4v) is 2.60. The first-order chi connectivity index (χ1) is 9.75. The van der Waals surface area contributed by atoms with E-state index in [1.165, 1.54) is 6.42 Å². The van der Waals surface area contributed by atoms with Crippen LogP contribution in [0.1, 0.15) is 26.2 Å². The van der Waals surface area contributed by atoms with E-state index in [0.717, 1.165) is 19.4 Å². The summed E-state index contributed by atoms with van der Waals surface area (Å²) in [5.41, 5.74) is 0.710. The summed E-state index contributed by atoms with van der Waals surface area (Å²) in [7, 11) is 0. The molecule has 6 heteroatoms. The highest BCUT2D eigenvalue weighted by Gasteiger charge is 2.23. The standard InChI is InChI=1S/C14H18N4O2/c1-11-6-2-4-8-17(11)13(19)10-20-14-16-15-12-7-3-5-9-18(12)14/h3,5,7,9,11H,2,4,6,8,10H2,1H3/t11-/m1/s1. The van der Waals surface area contributed by atoms with Crippen LogP contribution in [-0.2, 0) is 4.79 Å². The number of pyridine rings is 1. The van der Waals surface area contributed by atoms with E-state index in [9.17, 15) is 4.79 Å². The number of ether oxygens (including phenoxy) is 1. The number of amides is 1. The van der Waals surface area contributed by atoms with Gasteiger partial charge in [0.05, 0.1) is 0 Å². The molecule has 0 aromatic carbocycles. The maximum absolute atomic E-state index is 12.2. The number of hydrogen-bond donors (Lipinski definition) is 0. The molecule has 1 aliphatic heterocycles. The summed E-state index contributed by atoms with van der Waals surface area (Å²) < 4.78 is 7.25. The molecule has 1 saturated heterocycles. The predicted octanol–water partition coefficient (Wildman–Crippen LogP) is 1.51. The van der Waals surface area contributed by atoms with Crippen molar-refractivity contribution in [3.63, 3.8) is 0 Å². The van der Waals surface area contributed by atoms with Crippen molar-refractivity contribution in [3.8, 4) is 6.01 Å². The van der Waals surface area contributed by atoms with Crippen molar-refractivity contribution >= 4 is 11.6 Å². The van der Waals surface area contributed by atoms with Crippen LogP contribution in [-0.4, -0.2) is 44.6 Å². The Morgan fingerprint density at radius 1 is 1.40 bits per heavy atom. The van der Waals surface area contributed by atoms with Crippen LogP contribution in [0, 0.1) is 0 Å². The Labute approximate surface area is 117 Å². The number of fused-ring (bicyclic) bond motifs is 1. The zero-order valence-corrected chi connectivity index (χ0v) is 11.5. The second-order valence-electron chi connectivity index (χ2n) is 5.13. The highest BCUT2D eigenvalue weighted by molar-refractivity contribution is 5.78. The Hall–Kier alpha value is -2.11. The minimum atomic E-state index is 0.0139. The van der Waals surface area contributed by atoms with Crippen LogP contribution in [0.2, 0.25) is 0 Å². The first kappa shape index (κ1) is 12.9. The molecule has 106 valence electrons. The zero-order valence-electron chi connectivity index (χ0n) is 11.5. The molecule has 6 nitrogen and oxygen atoms in total. The Bertz CT molecular complexity index is 610. The van der Waals surface area contributed by atoms with Crippen molar-refractivity contribution in [2.24, 2.45) is 0 Å². The van der Waals surface area contributed by atoms with Gasteiger partial charge in [-0.3, -0.25) is 9.20 Å². The quantitative estimate of drug-likeness (QED) is 0.851. The van der Waals surface area contributed by atoms with Gasteiger partial charge in [-0.15, -0.1) is 5.10 Å². The lowest BCUT2D eigenvalue weighted by Gasteiger charge is -2.33. The summed E-state index contributed by atoms with van der Waals surface area (Å²) >= 11 is 0. The topological polar surface area (TPSA) is 59.7 Å². The van der Waals surface area contributed by atoms with E-state index < -0.39 is 0 Å². The molecule has 20 heavy (non-hydrogen) atoms. The molecule has 1 atom stereocenters. The Morgan fingerprint density at radius 2 is 2.30 bits per heavy atom. The molecular formula is C14H18N4O2. The molecule has 0 aliphatic carbocycles. The van der Waals surface area contributed by atoms with Crippen molar-refractivity contribution in [1.82, 2.24) is 19.5 Å². The minimum Gasteiger partial charge on any atom is -0.453 e. The van der Waals surface area contributed by atoms with Gasteiger partial charge in [0.1, 0.15) is 0 Å². The molecule has 1 aliphatic rings. The predicted molar refractivity (Wildman–Crippen MR) is 73.5 cm³/mol. The molecule has 1 amide bonds. The van der Waals surface area contributed by atoms with E-state index in [-0.39, 0.29) is 12.5 Å². The SMILES string of the molecule is C[C@@H]1CCCCN1C(=O)COc1nnc2ccccn12. The summed E-state index contributed by atoms with van der Waals surface area (Å²) in [6.07, 6.45) is 5.16. The summed E-state index contributed by atoms with van der Waals surface area (Å²) in [4.78, 5) is 14.1. The summed E-state index contributed by atoms with van der Waals surface area (Å²) in [5.74, 6) is 0.0184. The van der Waals surface area contributed by atoms with Gasteiger partial charge in [-0.2, -0.15) is 0 Å². The Morgan fingerprint density at radius 3 is 3.15 bits per heavy atom. The van der Waals surface area contributed by atoms with Crippen LogP contribution in [0.5, 0.6) is 6.01 Å². The van der Waals surface area contributed by atoms with Crippen LogP contribution in [0.3, 0.4) is 0 Å². The molecule has 0 bridgehead atoms. The van der Waals surface area contributed by atoms with Crippen molar-refractivity contribution in [2.75, 3.05) is 13.2 Å². The molecule has 3 rings (SSSR count). The van der Waals surface area contributed by atoms with Gasteiger partial charge in [0.25, 0.3) is 5.91 Å². The normalized spacial score (nSPS) is 19.2. The van der Waals surface area contributed by atoms with Crippen molar-refractivity contribution in [1.29, 1.82) is 0 Å². The van der Waals surface area contributed by atoms with Gasteiger partial charge in [0.15, 0.2) is 12.3 Å². The lowest BCUT2D eigenvalue weighted by atomic mass is 10.0. The Kier molecular flexibility index (Phi) is 3.54. The van der Waals surface area contributed by atoms with Gasteiger partial charge in [-0.25, -0.2) is 0 Å². The monoisotopic (exact) mass is 274 g/mol. The number of nitrogens with zero attached hydrogens (tertiary/aromatic N) is 4. The van der Waals surface area contributed by atoms with Gasteiger partial charge in [-0.1, -0.05) is 11.2 Å². The van der Waals surface area contributed by atoms with E-state index in [1.807, 2.05) is 29.3 Å². The first-order valence-corrected chi connectivity index (χ1v) is 6.98. The summed E-state index contributed by atoms with van der Waals surface area (Å²) in [6, 6.07) is 6.26. The minimum absolute atomic E-state index is 0.0139. The van der Waals surface area contributed by atoms with E-state index in [2.05, 4.69) is 17.1 Å². The average Bonchev–Trinajstić information content (AvgIpc) is 2.88. The van der Waals surface area contributed by atoms with Crippen molar-refractivity contribution < 1.29 is 9.53 Å². The van der Waals surface area contributed by atoms with Gasteiger partial charge in [0, 0.05) is 18.8 Å².